The number of rotatable bonds is 6. The van der Waals surface area contributed by atoms with Gasteiger partial charge in [-0.05, 0) is 44.0 Å². The van der Waals surface area contributed by atoms with Gasteiger partial charge in [-0.15, -0.1) is 21.5 Å². The lowest BCUT2D eigenvalue weighted by molar-refractivity contribution is 0.0953. The molecule has 4 rings (SSSR count). The Labute approximate surface area is 159 Å². The number of hydrogen-bond donors (Lipinski definition) is 0. The molecule has 3 aromatic rings. The van der Waals surface area contributed by atoms with Crippen LogP contribution in [0.25, 0.3) is 11.4 Å². The van der Waals surface area contributed by atoms with E-state index in [1.807, 2.05) is 6.92 Å². The van der Waals surface area contributed by atoms with Crippen LogP contribution in [0.3, 0.4) is 0 Å². The first-order valence-electron chi connectivity index (χ1n) is 8.53. The summed E-state index contributed by atoms with van der Waals surface area (Å²) in [7, 11) is 0. The minimum Gasteiger partial charge on any atom is -0.376 e. The Hall–Kier alpha value is -1.77. The van der Waals surface area contributed by atoms with Crippen LogP contribution >= 0.6 is 23.1 Å². The average molecular weight is 391 g/mol. The molecule has 26 heavy (non-hydrogen) atoms. The molecule has 1 unspecified atom stereocenters. The minimum absolute atomic E-state index is 0.172. The Morgan fingerprint density at radius 3 is 2.85 bits per heavy atom. The lowest BCUT2D eigenvalue weighted by atomic mass is 10.2. The van der Waals surface area contributed by atoms with Crippen LogP contribution in [0.15, 0.2) is 34.8 Å². The van der Waals surface area contributed by atoms with Crippen LogP contribution in [0.4, 0.5) is 4.39 Å². The third-order valence-electron chi connectivity index (χ3n) is 4.25. The summed E-state index contributed by atoms with van der Waals surface area (Å²) in [6, 6.07) is 6.38. The Kier molecular flexibility index (Phi) is 5.33. The van der Waals surface area contributed by atoms with Crippen molar-refractivity contribution in [1.29, 1.82) is 0 Å². The van der Waals surface area contributed by atoms with E-state index < -0.39 is 0 Å². The van der Waals surface area contributed by atoms with Gasteiger partial charge in [0.15, 0.2) is 11.0 Å². The molecule has 1 fully saturated rings. The Morgan fingerprint density at radius 1 is 1.31 bits per heavy atom. The molecule has 1 aliphatic rings. The Balaban J connectivity index is 1.60. The number of aromatic nitrogens is 4. The summed E-state index contributed by atoms with van der Waals surface area (Å²) < 4.78 is 21.2. The highest BCUT2D eigenvalue weighted by Gasteiger charge is 2.22. The van der Waals surface area contributed by atoms with Gasteiger partial charge in [0.1, 0.15) is 5.82 Å². The predicted octanol–water partition coefficient (Wildman–Crippen LogP) is 4.32. The second-order valence-electron chi connectivity index (χ2n) is 6.21. The van der Waals surface area contributed by atoms with Crippen molar-refractivity contribution in [2.24, 2.45) is 0 Å². The van der Waals surface area contributed by atoms with Crippen LogP contribution in [0.1, 0.15) is 23.5 Å². The molecule has 1 aromatic carbocycles. The van der Waals surface area contributed by atoms with E-state index in [0.29, 0.717) is 6.54 Å². The molecular formula is C18H19FN4OS2. The third kappa shape index (κ3) is 3.97. The van der Waals surface area contributed by atoms with E-state index >= 15 is 0 Å². The summed E-state index contributed by atoms with van der Waals surface area (Å²) in [5, 5.41) is 12.7. The molecule has 0 N–H and O–H groups in total. The Morgan fingerprint density at radius 2 is 2.15 bits per heavy atom. The van der Waals surface area contributed by atoms with Gasteiger partial charge in [0.05, 0.1) is 23.4 Å². The largest absolute Gasteiger partial charge is 0.376 e. The lowest BCUT2D eigenvalue weighted by Gasteiger charge is -2.14. The molecule has 0 radical (unpaired) electrons. The van der Waals surface area contributed by atoms with Crippen LogP contribution in [-0.4, -0.2) is 32.5 Å². The molecule has 1 saturated heterocycles. The molecule has 0 bridgehead atoms. The van der Waals surface area contributed by atoms with Crippen molar-refractivity contribution in [1.82, 2.24) is 19.7 Å². The molecule has 3 heterocycles. The minimum atomic E-state index is -0.257. The van der Waals surface area contributed by atoms with Crippen molar-refractivity contribution in [2.75, 3.05) is 6.61 Å². The maximum atomic E-state index is 13.3. The van der Waals surface area contributed by atoms with Crippen molar-refractivity contribution in [2.45, 2.75) is 43.3 Å². The van der Waals surface area contributed by atoms with Gasteiger partial charge < -0.3 is 4.74 Å². The molecule has 0 amide bonds. The fraction of sp³-hybridized carbons (Fsp3) is 0.389. The summed E-state index contributed by atoms with van der Waals surface area (Å²) >= 11 is 3.27. The van der Waals surface area contributed by atoms with E-state index in [1.54, 1.807) is 35.2 Å². The zero-order chi connectivity index (χ0) is 17.9. The van der Waals surface area contributed by atoms with Crippen LogP contribution in [-0.2, 0) is 17.0 Å². The van der Waals surface area contributed by atoms with E-state index in [-0.39, 0.29) is 11.9 Å². The first-order chi connectivity index (χ1) is 12.7. The highest BCUT2D eigenvalue weighted by Crippen LogP contribution is 2.28. The van der Waals surface area contributed by atoms with Crippen molar-refractivity contribution in [3.05, 3.63) is 46.2 Å². The van der Waals surface area contributed by atoms with Crippen LogP contribution in [0.2, 0.25) is 0 Å². The zero-order valence-corrected chi connectivity index (χ0v) is 16.0. The number of nitrogens with zero attached hydrogens (tertiary/aromatic N) is 4. The second-order valence-corrected chi connectivity index (χ2v) is 8.21. The second kappa shape index (κ2) is 7.85. The van der Waals surface area contributed by atoms with Crippen molar-refractivity contribution in [3.63, 3.8) is 0 Å². The fourth-order valence-electron chi connectivity index (χ4n) is 2.98. The van der Waals surface area contributed by atoms with Crippen molar-refractivity contribution >= 4 is 23.1 Å². The molecule has 136 valence electrons. The lowest BCUT2D eigenvalue weighted by Crippen LogP contribution is -2.16. The SMILES string of the molecule is Cc1nc(CSc2nnc(-c3ccc(F)cc3)n2CC2CCCO2)cs1. The third-order valence-corrected chi connectivity index (χ3v) is 6.07. The monoisotopic (exact) mass is 390 g/mol. The van der Waals surface area contributed by atoms with Gasteiger partial charge in [0.2, 0.25) is 0 Å². The van der Waals surface area contributed by atoms with Gasteiger partial charge in [-0.1, -0.05) is 11.8 Å². The number of halogens is 1. The van der Waals surface area contributed by atoms with Gasteiger partial charge in [-0.2, -0.15) is 0 Å². The van der Waals surface area contributed by atoms with Gasteiger partial charge in [0, 0.05) is 23.3 Å². The summed E-state index contributed by atoms with van der Waals surface area (Å²) in [5.74, 6) is 1.24. The first kappa shape index (κ1) is 17.6. The summed E-state index contributed by atoms with van der Waals surface area (Å²) in [4.78, 5) is 4.51. The highest BCUT2D eigenvalue weighted by atomic mass is 32.2. The summed E-state index contributed by atoms with van der Waals surface area (Å²) in [5.41, 5.74) is 1.90. The Bertz CT molecular complexity index is 872. The molecule has 0 aliphatic carbocycles. The normalized spacial score (nSPS) is 17.1. The van der Waals surface area contributed by atoms with Crippen LogP contribution in [0, 0.1) is 12.7 Å². The first-order valence-corrected chi connectivity index (χ1v) is 10.4. The van der Waals surface area contributed by atoms with Gasteiger partial charge in [-0.3, -0.25) is 4.57 Å². The van der Waals surface area contributed by atoms with Gasteiger partial charge in [-0.25, -0.2) is 9.37 Å². The fourth-order valence-corrected chi connectivity index (χ4v) is 4.54. The molecule has 1 atom stereocenters. The number of aryl methyl sites for hydroxylation is 1. The molecule has 5 nitrogen and oxygen atoms in total. The standard InChI is InChI=1S/C18H19FN4OS2/c1-12-20-15(10-25-12)11-26-18-22-21-17(13-4-6-14(19)7-5-13)23(18)9-16-3-2-8-24-16/h4-7,10,16H,2-3,8-9,11H2,1H3. The van der Waals surface area contributed by atoms with Crippen LogP contribution < -0.4 is 0 Å². The molecule has 0 spiro atoms. The van der Waals surface area contributed by atoms with E-state index in [2.05, 4.69) is 25.1 Å². The number of thiazole rings is 1. The summed E-state index contributed by atoms with van der Waals surface area (Å²) in [6.07, 6.45) is 2.29. The molecule has 1 aliphatic heterocycles. The van der Waals surface area contributed by atoms with Gasteiger partial charge >= 0.3 is 0 Å². The number of benzene rings is 1. The van der Waals surface area contributed by atoms with E-state index in [9.17, 15) is 4.39 Å². The van der Waals surface area contributed by atoms with Gasteiger partial charge in [0.25, 0.3) is 0 Å². The number of ether oxygens (including phenoxy) is 1. The average Bonchev–Trinajstić information content (AvgIpc) is 3.37. The van der Waals surface area contributed by atoms with Crippen LogP contribution in [0.5, 0.6) is 0 Å². The summed E-state index contributed by atoms with van der Waals surface area (Å²) in [6.45, 7) is 3.52. The molecular weight excluding hydrogens is 371 g/mol. The molecule has 2 aromatic heterocycles. The smallest absolute Gasteiger partial charge is 0.191 e. The van der Waals surface area contributed by atoms with Crippen molar-refractivity contribution < 1.29 is 9.13 Å². The zero-order valence-electron chi connectivity index (χ0n) is 14.4. The predicted molar refractivity (Wildman–Crippen MR) is 101 cm³/mol. The quantitative estimate of drug-likeness (QED) is 0.587. The number of hydrogen-bond acceptors (Lipinski definition) is 6. The van der Waals surface area contributed by atoms with E-state index in [0.717, 1.165) is 52.4 Å². The molecule has 8 heteroatoms. The van der Waals surface area contributed by atoms with Crippen molar-refractivity contribution in [3.8, 4) is 11.4 Å². The topological polar surface area (TPSA) is 52.8 Å². The maximum Gasteiger partial charge on any atom is 0.191 e. The number of thioether (sulfide) groups is 1. The van der Waals surface area contributed by atoms with E-state index in [1.165, 1.54) is 12.1 Å². The maximum absolute atomic E-state index is 13.3. The molecule has 0 saturated carbocycles. The highest BCUT2D eigenvalue weighted by molar-refractivity contribution is 7.98. The van der Waals surface area contributed by atoms with E-state index in [4.69, 9.17) is 4.74 Å².